The number of hydrogen-bond acceptors (Lipinski definition) is 3. The summed E-state index contributed by atoms with van der Waals surface area (Å²) in [6.45, 7) is 2.22. The summed E-state index contributed by atoms with van der Waals surface area (Å²) in [4.78, 5) is 10.9. The lowest BCUT2D eigenvalue weighted by molar-refractivity contribution is -0.142. The SMILES string of the molecule is CCOC(=O)CC=Cc1cn[nH]c1. The molecule has 0 saturated carbocycles. The summed E-state index contributed by atoms with van der Waals surface area (Å²) in [5.41, 5.74) is 0.948. The number of esters is 1. The summed E-state index contributed by atoms with van der Waals surface area (Å²) >= 11 is 0. The lowest BCUT2D eigenvalue weighted by Gasteiger charge is -1.95. The standard InChI is InChI=1S/C9H12N2O2/c1-2-13-9(12)5-3-4-8-6-10-11-7-8/h3-4,6-7H,2,5H2,1H3,(H,10,11). The van der Waals surface area contributed by atoms with E-state index in [1.54, 1.807) is 25.4 Å². The van der Waals surface area contributed by atoms with Crippen LogP contribution in [-0.2, 0) is 9.53 Å². The van der Waals surface area contributed by atoms with E-state index in [1.807, 2.05) is 6.08 Å². The monoisotopic (exact) mass is 180 g/mol. The molecule has 0 unspecified atom stereocenters. The second-order valence-electron chi connectivity index (χ2n) is 2.44. The molecular formula is C9H12N2O2. The molecule has 1 N–H and O–H groups in total. The average Bonchev–Trinajstić information content (AvgIpc) is 2.57. The maximum absolute atomic E-state index is 10.9. The number of carbonyl (C=O) groups excluding carboxylic acids is 1. The van der Waals surface area contributed by atoms with Gasteiger partial charge in [0.05, 0.1) is 19.2 Å². The van der Waals surface area contributed by atoms with E-state index in [0.717, 1.165) is 5.56 Å². The third-order valence-electron chi connectivity index (χ3n) is 1.42. The van der Waals surface area contributed by atoms with Crippen LogP contribution in [0.4, 0.5) is 0 Å². The summed E-state index contributed by atoms with van der Waals surface area (Å²) in [5, 5.41) is 6.44. The maximum atomic E-state index is 10.9. The molecule has 0 atom stereocenters. The quantitative estimate of drug-likeness (QED) is 0.712. The fourth-order valence-corrected chi connectivity index (χ4v) is 0.863. The number of rotatable bonds is 4. The van der Waals surface area contributed by atoms with E-state index in [4.69, 9.17) is 4.74 Å². The normalized spacial score (nSPS) is 10.5. The summed E-state index contributed by atoms with van der Waals surface area (Å²) in [5.74, 6) is -0.206. The van der Waals surface area contributed by atoms with Gasteiger partial charge in [0.1, 0.15) is 0 Å². The van der Waals surface area contributed by atoms with Crippen LogP contribution in [0.25, 0.3) is 6.08 Å². The number of nitrogens with one attached hydrogen (secondary N) is 1. The number of nitrogens with zero attached hydrogens (tertiary/aromatic N) is 1. The molecule has 0 fully saturated rings. The smallest absolute Gasteiger partial charge is 0.309 e. The Hall–Kier alpha value is -1.58. The van der Waals surface area contributed by atoms with Gasteiger partial charge in [-0.15, -0.1) is 0 Å². The van der Waals surface area contributed by atoms with Gasteiger partial charge in [-0.05, 0) is 6.92 Å². The van der Waals surface area contributed by atoms with Crippen molar-refractivity contribution in [1.29, 1.82) is 0 Å². The molecule has 70 valence electrons. The molecule has 1 aromatic rings. The number of H-pyrrole nitrogens is 1. The van der Waals surface area contributed by atoms with Crippen LogP contribution in [0.15, 0.2) is 18.5 Å². The average molecular weight is 180 g/mol. The van der Waals surface area contributed by atoms with Crippen molar-refractivity contribution in [2.45, 2.75) is 13.3 Å². The Morgan fingerprint density at radius 2 is 2.62 bits per heavy atom. The van der Waals surface area contributed by atoms with Gasteiger partial charge in [-0.1, -0.05) is 12.2 Å². The van der Waals surface area contributed by atoms with E-state index in [-0.39, 0.29) is 5.97 Å². The number of ether oxygens (including phenoxy) is 1. The van der Waals surface area contributed by atoms with E-state index < -0.39 is 0 Å². The first-order valence-corrected chi connectivity index (χ1v) is 4.14. The maximum Gasteiger partial charge on any atom is 0.309 e. The third kappa shape index (κ3) is 3.55. The molecule has 0 saturated heterocycles. The Labute approximate surface area is 76.6 Å². The van der Waals surface area contributed by atoms with Crippen molar-refractivity contribution in [3.63, 3.8) is 0 Å². The second-order valence-corrected chi connectivity index (χ2v) is 2.44. The molecule has 0 aliphatic rings. The minimum atomic E-state index is -0.206. The van der Waals surface area contributed by atoms with Crippen LogP contribution in [0, 0.1) is 0 Å². The molecule has 1 heterocycles. The lowest BCUT2D eigenvalue weighted by Crippen LogP contribution is -2.01. The molecule has 13 heavy (non-hydrogen) atoms. The zero-order valence-electron chi connectivity index (χ0n) is 7.49. The predicted octanol–water partition coefficient (Wildman–Crippen LogP) is 1.38. The fraction of sp³-hybridized carbons (Fsp3) is 0.333. The van der Waals surface area contributed by atoms with Gasteiger partial charge in [0.2, 0.25) is 0 Å². The van der Waals surface area contributed by atoms with Crippen LogP contribution in [0.3, 0.4) is 0 Å². The van der Waals surface area contributed by atoms with Gasteiger partial charge in [-0.2, -0.15) is 5.10 Å². The summed E-state index contributed by atoms with van der Waals surface area (Å²) in [6.07, 6.45) is 7.31. The van der Waals surface area contributed by atoms with E-state index in [9.17, 15) is 4.79 Å². The van der Waals surface area contributed by atoms with E-state index in [2.05, 4.69) is 10.2 Å². The van der Waals surface area contributed by atoms with Crippen molar-refractivity contribution >= 4 is 12.0 Å². The highest BCUT2D eigenvalue weighted by molar-refractivity contribution is 5.72. The van der Waals surface area contributed by atoms with Crippen molar-refractivity contribution < 1.29 is 9.53 Å². The summed E-state index contributed by atoms with van der Waals surface area (Å²) in [6, 6.07) is 0. The molecule has 4 heteroatoms. The van der Waals surface area contributed by atoms with Crippen LogP contribution in [0.5, 0.6) is 0 Å². The highest BCUT2D eigenvalue weighted by atomic mass is 16.5. The Kier molecular flexibility index (Phi) is 3.75. The molecule has 1 aromatic heterocycles. The van der Waals surface area contributed by atoms with Gasteiger partial charge in [-0.3, -0.25) is 9.89 Å². The molecule has 1 rings (SSSR count). The predicted molar refractivity (Wildman–Crippen MR) is 48.9 cm³/mol. The van der Waals surface area contributed by atoms with Gasteiger partial charge in [0.25, 0.3) is 0 Å². The largest absolute Gasteiger partial charge is 0.466 e. The fourth-order valence-electron chi connectivity index (χ4n) is 0.863. The first-order chi connectivity index (χ1) is 6.33. The summed E-state index contributed by atoms with van der Waals surface area (Å²) in [7, 11) is 0. The summed E-state index contributed by atoms with van der Waals surface area (Å²) < 4.78 is 4.75. The first kappa shape index (κ1) is 9.51. The first-order valence-electron chi connectivity index (χ1n) is 4.14. The van der Waals surface area contributed by atoms with Gasteiger partial charge >= 0.3 is 5.97 Å². The van der Waals surface area contributed by atoms with Crippen LogP contribution >= 0.6 is 0 Å². The Bertz CT molecular complexity index is 278. The molecule has 0 amide bonds. The van der Waals surface area contributed by atoms with Crippen LogP contribution in [-0.4, -0.2) is 22.8 Å². The van der Waals surface area contributed by atoms with Crippen molar-refractivity contribution in [3.8, 4) is 0 Å². The Balaban J connectivity index is 2.30. The molecule has 4 nitrogen and oxygen atoms in total. The number of aromatic nitrogens is 2. The zero-order valence-corrected chi connectivity index (χ0v) is 7.49. The molecule has 0 aromatic carbocycles. The highest BCUT2D eigenvalue weighted by Crippen LogP contribution is 1.98. The van der Waals surface area contributed by atoms with E-state index in [0.29, 0.717) is 13.0 Å². The van der Waals surface area contributed by atoms with Crippen molar-refractivity contribution in [3.05, 3.63) is 24.0 Å². The molecular weight excluding hydrogens is 168 g/mol. The molecule has 0 aliphatic heterocycles. The van der Waals surface area contributed by atoms with Crippen LogP contribution in [0.1, 0.15) is 18.9 Å². The van der Waals surface area contributed by atoms with E-state index >= 15 is 0 Å². The van der Waals surface area contributed by atoms with Crippen LogP contribution in [0.2, 0.25) is 0 Å². The topological polar surface area (TPSA) is 55.0 Å². The second kappa shape index (κ2) is 5.13. The number of hydrogen-bond donors (Lipinski definition) is 1. The van der Waals surface area contributed by atoms with Gasteiger partial charge in [-0.25, -0.2) is 0 Å². The van der Waals surface area contributed by atoms with Gasteiger partial charge in [0, 0.05) is 11.8 Å². The minimum Gasteiger partial charge on any atom is -0.466 e. The van der Waals surface area contributed by atoms with Crippen molar-refractivity contribution in [2.75, 3.05) is 6.61 Å². The van der Waals surface area contributed by atoms with Crippen molar-refractivity contribution in [1.82, 2.24) is 10.2 Å². The third-order valence-corrected chi connectivity index (χ3v) is 1.42. The molecule has 0 spiro atoms. The molecule has 0 bridgehead atoms. The number of aromatic amines is 1. The van der Waals surface area contributed by atoms with Gasteiger partial charge < -0.3 is 4.74 Å². The van der Waals surface area contributed by atoms with E-state index in [1.165, 1.54) is 0 Å². The Morgan fingerprint density at radius 1 is 1.77 bits per heavy atom. The van der Waals surface area contributed by atoms with Crippen LogP contribution < -0.4 is 0 Å². The zero-order chi connectivity index (χ0) is 9.52. The highest BCUT2D eigenvalue weighted by Gasteiger charge is 1.95. The Morgan fingerprint density at radius 3 is 3.23 bits per heavy atom. The minimum absolute atomic E-state index is 0.206. The lowest BCUT2D eigenvalue weighted by atomic mass is 10.3. The molecule has 0 aliphatic carbocycles. The molecule has 0 radical (unpaired) electrons. The van der Waals surface area contributed by atoms with Gasteiger partial charge in [0.15, 0.2) is 0 Å². The number of carbonyl (C=O) groups is 1. The van der Waals surface area contributed by atoms with Crippen molar-refractivity contribution in [2.24, 2.45) is 0 Å².